The van der Waals surface area contributed by atoms with Crippen molar-refractivity contribution in [2.24, 2.45) is 11.7 Å². The van der Waals surface area contributed by atoms with Gasteiger partial charge in [0.1, 0.15) is 6.04 Å². The molecule has 1 aromatic rings. The molecule has 0 aliphatic heterocycles. The number of hydrogen-bond acceptors (Lipinski definition) is 5. The van der Waals surface area contributed by atoms with E-state index in [1.54, 1.807) is 6.92 Å². The standard InChI is InChI=1S/C13H19N3O4/c1-4-20-11-7-9(5-6-10(11)16(18)19)15-12(8(2)3)13(14)17/h5-8,12,15H,4H2,1-3H3,(H2,14,17). The van der Waals surface area contributed by atoms with Gasteiger partial charge in [-0.15, -0.1) is 0 Å². The number of nitro groups is 1. The van der Waals surface area contributed by atoms with Gasteiger partial charge < -0.3 is 15.8 Å². The van der Waals surface area contributed by atoms with Gasteiger partial charge >= 0.3 is 5.69 Å². The maximum atomic E-state index is 11.4. The molecule has 1 unspecified atom stereocenters. The Hall–Kier alpha value is -2.31. The van der Waals surface area contributed by atoms with Crippen LogP contribution in [-0.2, 0) is 4.79 Å². The molecule has 0 aliphatic rings. The summed E-state index contributed by atoms with van der Waals surface area (Å²) in [4.78, 5) is 21.7. The molecule has 20 heavy (non-hydrogen) atoms. The Kier molecular flexibility index (Phi) is 5.31. The van der Waals surface area contributed by atoms with Gasteiger partial charge in [-0.1, -0.05) is 13.8 Å². The van der Waals surface area contributed by atoms with E-state index in [0.717, 1.165) is 0 Å². The monoisotopic (exact) mass is 281 g/mol. The highest BCUT2D eigenvalue weighted by molar-refractivity contribution is 5.83. The van der Waals surface area contributed by atoms with Gasteiger partial charge in [0, 0.05) is 17.8 Å². The molecular weight excluding hydrogens is 262 g/mol. The number of carbonyl (C=O) groups is 1. The molecule has 0 aromatic heterocycles. The quantitative estimate of drug-likeness (QED) is 0.586. The van der Waals surface area contributed by atoms with Crippen LogP contribution in [0.1, 0.15) is 20.8 Å². The number of nitrogens with one attached hydrogen (secondary N) is 1. The predicted octanol–water partition coefficient (Wildman–Crippen LogP) is 1.92. The van der Waals surface area contributed by atoms with Crippen LogP contribution in [0.5, 0.6) is 5.75 Å². The Bertz CT molecular complexity index is 502. The number of rotatable bonds is 7. The Labute approximate surface area is 117 Å². The maximum absolute atomic E-state index is 11.4. The zero-order valence-corrected chi connectivity index (χ0v) is 11.8. The van der Waals surface area contributed by atoms with Crippen molar-refractivity contribution in [2.45, 2.75) is 26.8 Å². The lowest BCUT2D eigenvalue weighted by atomic mass is 10.0. The Balaban J connectivity index is 3.05. The van der Waals surface area contributed by atoms with E-state index in [9.17, 15) is 14.9 Å². The molecule has 1 amide bonds. The normalized spacial score (nSPS) is 12.0. The third-order valence-electron chi connectivity index (χ3n) is 2.75. The minimum Gasteiger partial charge on any atom is -0.487 e. The van der Waals surface area contributed by atoms with E-state index in [4.69, 9.17) is 10.5 Å². The zero-order valence-electron chi connectivity index (χ0n) is 11.8. The maximum Gasteiger partial charge on any atom is 0.311 e. The van der Waals surface area contributed by atoms with E-state index in [1.807, 2.05) is 13.8 Å². The molecule has 0 heterocycles. The van der Waals surface area contributed by atoms with Gasteiger partial charge in [0.2, 0.25) is 5.91 Å². The van der Waals surface area contributed by atoms with Crippen molar-refractivity contribution in [3.63, 3.8) is 0 Å². The number of hydrogen-bond donors (Lipinski definition) is 2. The highest BCUT2D eigenvalue weighted by atomic mass is 16.6. The molecule has 1 rings (SSSR count). The summed E-state index contributed by atoms with van der Waals surface area (Å²) in [6.07, 6.45) is 0. The van der Waals surface area contributed by atoms with E-state index >= 15 is 0 Å². The van der Waals surface area contributed by atoms with Crippen LogP contribution in [0.25, 0.3) is 0 Å². The van der Waals surface area contributed by atoms with E-state index in [1.165, 1.54) is 18.2 Å². The lowest BCUT2D eigenvalue weighted by molar-refractivity contribution is -0.385. The molecule has 0 aliphatic carbocycles. The van der Waals surface area contributed by atoms with E-state index in [0.29, 0.717) is 12.3 Å². The molecule has 0 saturated heterocycles. The number of nitro benzene ring substituents is 1. The highest BCUT2D eigenvalue weighted by Crippen LogP contribution is 2.30. The number of ether oxygens (including phenoxy) is 1. The molecule has 0 bridgehead atoms. The van der Waals surface area contributed by atoms with Crippen LogP contribution in [0.2, 0.25) is 0 Å². The molecule has 0 saturated carbocycles. The fourth-order valence-electron chi connectivity index (χ4n) is 1.77. The average Bonchev–Trinajstić information content (AvgIpc) is 2.35. The molecule has 0 radical (unpaired) electrons. The number of benzene rings is 1. The molecule has 7 heteroatoms. The van der Waals surface area contributed by atoms with Crippen molar-refractivity contribution in [3.8, 4) is 5.75 Å². The van der Waals surface area contributed by atoms with Gasteiger partial charge in [-0.25, -0.2) is 0 Å². The summed E-state index contributed by atoms with van der Waals surface area (Å²) >= 11 is 0. The number of primary amides is 1. The third kappa shape index (κ3) is 3.84. The number of anilines is 1. The second-order valence-electron chi connectivity index (χ2n) is 4.64. The fourth-order valence-corrected chi connectivity index (χ4v) is 1.77. The summed E-state index contributed by atoms with van der Waals surface area (Å²) in [7, 11) is 0. The molecule has 3 N–H and O–H groups in total. The van der Waals surface area contributed by atoms with Crippen LogP contribution in [0, 0.1) is 16.0 Å². The molecular formula is C13H19N3O4. The SMILES string of the molecule is CCOc1cc(NC(C(N)=O)C(C)C)ccc1[N+](=O)[O-]. The molecule has 0 spiro atoms. The molecule has 7 nitrogen and oxygen atoms in total. The summed E-state index contributed by atoms with van der Waals surface area (Å²) in [6.45, 7) is 5.77. The smallest absolute Gasteiger partial charge is 0.311 e. The van der Waals surface area contributed by atoms with E-state index < -0.39 is 16.9 Å². The third-order valence-corrected chi connectivity index (χ3v) is 2.75. The van der Waals surface area contributed by atoms with Crippen LogP contribution >= 0.6 is 0 Å². The summed E-state index contributed by atoms with van der Waals surface area (Å²) in [5.74, 6) is -0.316. The van der Waals surface area contributed by atoms with Gasteiger partial charge in [-0.05, 0) is 18.9 Å². The number of nitrogens with zero attached hydrogens (tertiary/aromatic N) is 1. The largest absolute Gasteiger partial charge is 0.487 e. The van der Waals surface area contributed by atoms with Gasteiger partial charge in [0.25, 0.3) is 0 Å². The van der Waals surface area contributed by atoms with Gasteiger partial charge in [0.15, 0.2) is 5.75 Å². The molecule has 1 aromatic carbocycles. The van der Waals surface area contributed by atoms with Crippen LogP contribution < -0.4 is 15.8 Å². The topological polar surface area (TPSA) is 107 Å². The van der Waals surface area contributed by atoms with Gasteiger partial charge in [-0.2, -0.15) is 0 Å². The van der Waals surface area contributed by atoms with Crippen molar-refractivity contribution in [1.82, 2.24) is 0 Å². The molecule has 110 valence electrons. The van der Waals surface area contributed by atoms with Crippen LogP contribution in [0.4, 0.5) is 11.4 Å². The fraction of sp³-hybridized carbons (Fsp3) is 0.462. The zero-order chi connectivity index (χ0) is 15.3. The Morgan fingerprint density at radius 3 is 2.60 bits per heavy atom. The van der Waals surface area contributed by atoms with Crippen molar-refractivity contribution < 1.29 is 14.5 Å². The predicted molar refractivity (Wildman–Crippen MR) is 75.7 cm³/mol. The lowest BCUT2D eigenvalue weighted by Crippen LogP contribution is -2.39. The second-order valence-corrected chi connectivity index (χ2v) is 4.64. The molecule has 0 fully saturated rings. The first kappa shape index (κ1) is 15.7. The first-order valence-corrected chi connectivity index (χ1v) is 6.33. The van der Waals surface area contributed by atoms with E-state index in [-0.39, 0.29) is 17.4 Å². The summed E-state index contributed by atoms with van der Waals surface area (Å²) in [6, 6.07) is 3.82. The van der Waals surface area contributed by atoms with Crippen molar-refractivity contribution in [2.75, 3.05) is 11.9 Å². The van der Waals surface area contributed by atoms with Crippen molar-refractivity contribution >= 4 is 17.3 Å². The molecule has 1 atom stereocenters. The Morgan fingerprint density at radius 1 is 1.50 bits per heavy atom. The minimum absolute atomic E-state index is 0.00163. The van der Waals surface area contributed by atoms with Crippen molar-refractivity contribution in [1.29, 1.82) is 0 Å². The number of nitrogens with two attached hydrogens (primary N) is 1. The van der Waals surface area contributed by atoms with Gasteiger partial charge in [0.05, 0.1) is 11.5 Å². The second kappa shape index (κ2) is 6.74. The Morgan fingerprint density at radius 2 is 2.15 bits per heavy atom. The van der Waals surface area contributed by atoms with Gasteiger partial charge in [-0.3, -0.25) is 14.9 Å². The summed E-state index contributed by atoms with van der Waals surface area (Å²) in [5, 5.41) is 13.8. The average molecular weight is 281 g/mol. The first-order valence-electron chi connectivity index (χ1n) is 6.33. The van der Waals surface area contributed by atoms with Crippen LogP contribution in [0.15, 0.2) is 18.2 Å². The number of carbonyl (C=O) groups excluding carboxylic acids is 1. The van der Waals surface area contributed by atoms with Crippen LogP contribution in [0.3, 0.4) is 0 Å². The number of amides is 1. The highest BCUT2D eigenvalue weighted by Gasteiger charge is 2.21. The lowest BCUT2D eigenvalue weighted by Gasteiger charge is -2.20. The minimum atomic E-state index is -0.550. The summed E-state index contributed by atoms with van der Waals surface area (Å²) in [5.41, 5.74) is 5.76. The first-order chi connectivity index (χ1) is 9.36. The van der Waals surface area contributed by atoms with Crippen molar-refractivity contribution in [3.05, 3.63) is 28.3 Å². The summed E-state index contributed by atoms with van der Waals surface area (Å²) < 4.78 is 5.24. The van der Waals surface area contributed by atoms with Crippen LogP contribution in [-0.4, -0.2) is 23.5 Å². The van der Waals surface area contributed by atoms with E-state index in [2.05, 4.69) is 5.32 Å².